The minimum absolute atomic E-state index is 0.544. The molecule has 128 valence electrons. The summed E-state index contributed by atoms with van der Waals surface area (Å²) in [6.45, 7) is 5.21. The fourth-order valence-electron chi connectivity index (χ4n) is 2.61. The summed E-state index contributed by atoms with van der Waals surface area (Å²) in [5.41, 5.74) is 0. The van der Waals surface area contributed by atoms with Gasteiger partial charge in [-0.1, -0.05) is 65.2 Å². The van der Waals surface area contributed by atoms with Crippen molar-refractivity contribution in [1.29, 1.82) is 0 Å². The van der Waals surface area contributed by atoms with Gasteiger partial charge in [-0.05, 0) is 30.6 Å². The van der Waals surface area contributed by atoms with Crippen LogP contribution in [0.3, 0.4) is 0 Å². The van der Waals surface area contributed by atoms with Crippen molar-refractivity contribution in [2.75, 3.05) is 6.61 Å². The standard InChI is InChI=1S/C19H33FO2/c1-16(2)11-9-7-5-3-4-6-8-10-14-22-17-12-13-19(21)18(20)15-17/h12-13,15-16,18-19,21H,3-11,14H2,1-2H3. The molecule has 0 aliphatic heterocycles. The topological polar surface area (TPSA) is 29.5 Å². The highest BCUT2D eigenvalue weighted by Gasteiger charge is 2.17. The second kappa shape index (κ2) is 11.7. The normalized spacial score (nSPS) is 21.2. The van der Waals surface area contributed by atoms with E-state index in [2.05, 4.69) is 13.8 Å². The molecule has 0 heterocycles. The average Bonchev–Trinajstić information content (AvgIpc) is 2.48. The molecule has 22 heavy (non-hydrogen) atoms. The molecule has 2 atom stereocenters. The lowest BCUT2D eigenvalue weighted by Gasteiger charge is -2.16. The zero-order chi connectivity index (χ0) is 16.2. The summed E-state index contributed by atoms with van der Waals surface area (Å²) >= 11 is 0. The van der Waals surface area contributed by atoms with Gasteiger partial charge in [0.2, 0.25) is 0 Å². The molecule has 0 aromatic carbocycles. The Balaban J connectivity index is 1.86. The van der Waals surface area contributed by atoms with E-state index in [1.165, 1.54) is 63.5 Å². The van der Waals surface area contributed by atoms with Crippen LogP contribution < -0.4 is 0 Å². The molecule has 0 fully saturated rings. The number of alkyl halides is 1. The number of aliphatic hydroxyl groups is 1. The fourth-order valence-corrected chi connectivity index (χ4v) is 2.61. The van der Waals surface area contributed by atoms with Crippen molar-refractivity contribution in [2.24, 2.45) is 5.92 Å². The monoisotopic (exact) mass is 312 g/mol. The zero-order valence-electron chi connectivity index (χ0n) is 14.3. The molecule has 1 N–H and O–H groups in total. The van der Waals surface area contributed by atoms with Gasteiger partial charge in [0, 0.05) is 0 Å². The van der Waals surface area contributed by atoms with Crippen LogP contribution in [0.4, 0.5) is 4.39 Å². The molecular weight excluding hydrogens is 279 g/mol. The Morgan fingerprint density at radius 1 is 1.05 bits per heavy atom. The Bertz CT molecular complexity index is 336. The summed E-state index contributed by atoms with van der Waals surface area (Å²) in [6.07, 6.45) is 13.6. The minimum atomic E-state index is -1.34. The van der Waals surface area contributed by atoms with Gasteiger partial charge in [0.15, 0.2) is 6.17 Å². The predicted octanol–water partition coefficient (Wildman–Crippen LogP) is 5.32. The molecule has 1 rings (SSSR count). The summed E-state index contributed by atoms with van der Waals surface area (Å²) in [7, 11) is 0. The van der Waals surface area contributed by atoms with Gasteiger partial charge in [0.25, 0.3) is 0 Å². The van der Waals surface area contributed by atoms with E-state index >= 15 is 0 Å². The predicted molar refractivity (Wildman–Crippen MR) is 90.5 cm³/mol. The van der Waals surface area contributed by atoms with Crippen LogP contribution in [0.5, 0.6) is 0 Å². The van der Waals surface area contributed by atoms with Crippen molar-refractivity contribution >= 4 is 0 Å². The maximum Gasteiger partial charge on any atom is 0.151 e. The lowest BCUT2D eigenvalue weighted by molar-refractivity contribution is 0.131. The van der Waals surface area contributed by atoms with Gasteiger partial charge in [-0.3, -0.25) is 0 Å². The molecule has 0 amide bonds. The van der Waals surface area contributed by atoms with Gasteiger partial charge in [-0.15, -0.1) is 0 Å². The molecule has 1 aliphatic carbocycles. The number of halogens is 1. The number of allylic oxidation sites excluding steroid dienone is 1. The van der Waals surface area contributed by atoms with Crippen LogP contribution >= 0.6 is 0 Å². The number of rotatable bonds is 12. The second-order valence-corrected chi connectivity index (χ2v) is 6.72. The highest BCUT2D eigenvalue weighted by Crippen LogP contribution is 2.16. The molecule has 0 radical (unpaired) electrons. The van der Waals surface area contributed by atoms with Crippen molar-refractivity contribution in [3.63, 3.8) is 0 Å². The third-order valence-corrected chi connectivity index (χ3v) is 4.05. The van der Waals surface area contributed by atoms with Gasteiger partial charge < -0.3 is 9.84 Å². The molecule has 0 saturated carbocycles. The summed E-state index contributed by atoms with van der Waals surface area (Å²) < 4.78 is 18.7. The SMILES string of the molecule is CC(C)CCCCCCCCCCOC1=CC(F)C(O)C=C1. The van der Waals surface area contributed by atoms with Crippen LogP contribution in [0.25, 0.3) is 0 Å². The minimum Gasteiger partial charge on any atom is -0.494 e. The van der Waals surface area contributed by atoms with Gasteiger partial charge in [-0.2, -0.15) is 0 Å². The first-order valence-corrected chi connectivity index (χ1v) is 8.94. The molecule has 0 bridgehead atoms. The van der Waals surface area contributed by atoms with Crippen LogP contribution in [0.15, 0.2) is 24.0 Å². The van der Waals surface area contributed by atoms with Gasteiger partial charge >= 0.3 is 0 Å². The summed E-state index contributed by atoms with van der Waals surface area (Å²) in [6, 6.07) is 0. The van der Waals surface area contributed by atoms with Crippen molar-refractivity contribution in [2.45, 2.75) is 83.9 Å². The Morgan fingerprint density at radius 3 is 2.23 bits per heavy atom. The second-order valence-electron chi connectivity index (χ2n) is 6.72. The van der Waals surface area contributed by atoms with Crippen molar-refractivity contribution in [3.8, 4) is 0 Å². The van der Waals surface area contributed by atoms with Crippen LogP contribution in [-0.2, 0) is 4.74 Å². The maximum atomic E-state index is 13.2. The van der Waals surface area contributed by atoms with Crippen molar-refractivity contribution in [1.82, 2.24) is 0 Å². The molecular formula is C19H33FO2. The highest BCUT2D eigenvalue weighted by atomic mass is 19.1. The molecule has 0 aromatic rings. The smallest absolute Gasteiger partial charge is 0.151 e. The van der Waals surface area contributed by atoms with E-state index in [1.807, 2.05) is 0 Å². The van der Waals surface area contributed by atoms with Gasteiger partial charge in [0.05, 0.1) is 6.61 Å². The molecule has 1 aliphatic rings. The third kappa shape index (κ3) is 9.24. The van der Waals surface area contributed by atoms with E-state index in [0.717, 1.165) is 12.3 Å². The lowest BCUT2D eigenvalue weighted by Crippen LogP contribution is -2.20. The van der Waals surface area contributed by atoms with E-state index in [9.17, 15) is 9.50 Å². The van der Waals surface area contributed by atoms with Gasteiger partial charge in [0.1, 0.15) is 11.9 Å². The van der Waals surface area contributed by atoms with Crippen molar-refractivity contribution in [3.05, 3.63) is 24.0 Å². The largest absolute Gasteiger partial charge is 0.494 e. The van der Waals surface area contributed by atoms with E-state index in [1.54, 1.807) is 6.08 Å². The van der Waals surface area contributed by atoms with Gasteiger partial charge in [-0.25, -0.2) is 4.39 Å². The maximum absolute atomic E-state index is 13.2. The Kier molecular flexibility index (Phi) is 10.2. The Hall–Kier alpha value is -0.830. The number of hydrogen-bond acceptors (Lipinski definition) is 2. The number of unbranched alkanes of at least 4 members (excludes halogenated alkanes) is 7. The first-order valence-electron chi connectivity index (χ1n) is 8.94. The van der Waals surface area contributed by atoms with Crippen LogP contribution in [0, 0.1) is 5.92 Å². The molecule has 3 heteroatoms. The molecule has 0 spiro atoms. The number of aliphatic hydroxyl groups excluding tert-OH is 1. The quantitative estimate of drug-likeness (QED) is 0.494. The van der Waals surface area contributed by atoms with E-state index < -0.39 is 12.3 Å². The Morgan fingerprint density at radius 2 is 1.64 bits per heavy atom. The average molecular weight is 312 g/mol. The van der Waals surface area contributed by atoms with Crippen molar-refractivity contribution < 1.29 is 14.2 Å². The lowest BCUT2D eigenvalue weighted by atomic mass is 10.0. The molecule has 0 saturated heterocycles. The van der Waals surface area contributed by atoms with E-state index in [0.29, 0.717) is 12.4 Å². The summed E-state index contributed by atoms with van der Waals surface area (Å²) in [5, 5.41) is 9.21. The summed E-state index contributed by atoms with van der Waals surface area (Å²) in [5.74, 6) is 1.38. The molecule has 2 unspecified atom stereocenters. The zero-order valence-corrected chi connectivity index (χ0v) is 14.3. The highest BCUT2D eigenvalue weighted by molar-refractivity contribution is 5.22. The first-order chi connectivity index (χ1) is 10.6. The van der Waals surface area contributed by atoms with Crippen LogP contribution in [0.1, 0.15) is 71.6 Å². The van der Waals surface area contributed by atoms with E-state index in [4.69, 9.17) is 4.74 Å². The number of ether oxygens (including phenoxy) is 1. The van der Waals surface area contributed by atoms with E-state index in [-0.39, 0.29) is 0 Å². The fraction of sp³-hybridized carbons (Fsp3) is 0.789. The van der Waals surface area contributed by atoms with Crippen LogP contribution in [-0.4, -0.2) is 24.0 Å². The summed E-state index contributed by atoms with van der Waals surface area (Å²) in [4.78, 5) is 0. The number of hydrogen-bond donors (Lipinski definition) is 1. The molecule has 0 aromatic heterocycles. The third-order valence-electron chi connectivity index (χ3n) is 4.05. The molecule has 2 nitrogen and oxygen atoms in total. The first kappa shape index (κ1) is 19.2. The Labute approximate surface area is 135 Å². The van der Waals surface area contributed by atoms with Crippen LogP contribution in [0.2, 0.25) is 0 Å².